The minimum absolute atomic E-state index is 0.486. The van der Waals surface area contributed by atoms with E-state index in [1.54, 1.807) is 0 Å². The topological polar surface area (TPSA) is 18.5 Å². The zero-order chi connectivity index (χ0) is 11.8. The van der Waals surface area contributed by atoms with Crippen LogP contribution in [-0.2, 0) is 8.85 Å². The van der Waals surface area contributed by atoms with Gasteiger partial charge in [-0.2, -0.15) is 0 Å². The van der Waals surface area contributed by atoms with Crippen LogP contribution in [0.4, 0.5) is 0 Å². The van der Waals surface area contributed by atoms with Crippen LogP contribution < -0.4 is 5.19 Å². The van der Waals surface area contributed by atoms with Gasteiger partial charge in [-0.15, -0.1) is 23.2 Å². The highest BCUT2D eigenvalue weighted by Crippen LogP contribution is 2.00. The summed E-state index contributed by atoms with van der Waals surface area (Å²) in [5.74, 6) is 0.971. The van der Waals surface area contributed by atoms with Crippen molar-refractivity contribution >= 4 is 37.7 Å². The fourth-order valence-corrected chi connectivity index (χ4v) is 3.71. The second kappa shape index (κ2) is 8.09. The second-order valence-corrected chi connectivity index (χ2v) is 6.02. The molecule has 0 atom stereocenters. The Morgan fingerprint density at radius 2 is 1.62 bits per heavy atom. The molecule has 0 aliphatic heterocycles. The van der Waals surface area contributed by atoms with E-state index in [4.69, 9.17) is 32.1 Å². The molecule has 16 heavy (non-hydrogen) atoms. The Bertz CT molecular complexity index is 302. The molecule has 1 rings (SSSR count). The van der Waals surface area contributed by atoms with Gasteiger partial charge in [-0.05, 0) is 17.7 Å². The van der Waals surface area contributed by atoms with Crippen molar-refractivity contribution in [2.45, 2.75) is 6.92 Å². The van der Waals surface area contributed by atoms with Crippen molar-refractivity contribution in [3.8, 4) is 0 Å². The Morgan fingerprint density at radius 1 is 1.06 bits per heavy atom. The third-order valence-corrected chi connectivity index (χ3v) is 4.68. The summed E-state index contributed by atoms with van der Waals surface area (Å²) in [7, 11) is -1.84. The number of halogens is 2. The smallest absolute Gasteiger partial charge is 0.356 e. The van der Waals surface area contributed by atoms with E-state index in [1.165, 1.54) is 5.56 Å². The van der Waals surface area contributed by atoms with Crippen molar-refractivity contribution in [1.82, 2.24) is 0 Å². The highest BCUT2D eigenvalue weighted by molar-refractivity contribution is 6.61. The maximum absolute atomic E-state index is 5.69. The zero-order valence-electron chi connectivity index (χ0n) is 9.29. The average molecular weight is 279 g/mol. The highest BCUT2D eigenvalue weighted by Gasteiger charge is 2.17. The van der Waals surface area contributed by atoms with Gasteiger partial charge in [-0.25, -0.2) is 0 Å². The molecule has 0 fully saturated rings. The van der Waals surface area contributed by atoms with Crippen molar-refractivity contribution in [2.75, 3.05) is 25.0 Å². The number of aryl methyl sites for hydroxylation is 1. The summed E-state index contributed by atoms with van der Waals surface area (Å²) < 4.78 is 11.4. The predicted octanol–water partition coefficient (Wildman–Crippen LogP) is 1.93. The molecule has 2 nitrogen and oxygen atoms in total. The predicted molar refractivity (Wildman–Crippen MR) is 71.3 cm³/mol. The molecule has 1 aromatic rings. The number of rotatable bonds is 7. The van der Waals surface area contributed by atoms with E-state index in [-0.39, 0.29) is 0 Å². The molecule has 0 aliphatic carbocycles. The highest BCUT2D eigenvalue weighted by atomic mass is 35.5. The van der Waals surface area contributed by atoms with Crippen LogP contribution in [-0.4, -0.2) is 34.3 Å². The maximum atomic E-state index is 5.69. The van der Waals surface area contributed by atoms with E-state index in [0.29, 0.717) is 25.0 Å². The largest absolute Gasteiger partial charge is 0.392 e. The fourth-order valence-electron chi connectivity index (χ4n) is 1.38. The summed E-state index contributed by atoms with van der Waals surface area (Å²) in [5.41, 5.74) is 1.20. The molecule has 1 aromatic carbocycles. The first-order valence-electron chi connectivity index (χ1n) is 5.20. The van der Waals surface area contributed by atoms with E-state index in [1.807, 2.05) is 12.1 Å². The number of alkyl halides is 2. The standard InChI is InChI=1S/C11H16Cl2O2Si/c1-10-4-2-3-5-11(10)16(14-8-6-12)15-9-7-13/h2-5,16H,6-9H2,1H3. The van der Waals surface area contributed by atoms with Crippen LogP contribution in [0, 0.1) is 6.92 Å². The normalized spacial score (nSPS) is 11.0. The third kappa shape index (κ3) is 4.43. The van der Waals surface area contributed by atoms with Gasteiger partial charge in [-0.3, -0.25) is 0 Å². The van der Waals surface area contributed by atoms with Crippen LogP contribution in [0.5, 0.6) is 0 Å². The van der Waals surface area contributed by atoms with E-state index >= 15 is 0 Å². The van der Waals surface area contributed by atoms with Gasteiger partial charge in [0.1, 0.15) is 0 Å². The number of hydrogen-bond acceptors (Lipinski definition) is 2. The van der Waals surface area contributed by atoms with E-state index in [0.717, 1.165) is 5.19 Å². The molecule has 0 unspecified atom stereocenters. The Hall–Kier alpha value is -0.0631. The van der Waals surface area contributed by atoms with Gasteiger partial charge in [-0.1, -0.05) is 24.3 Å². The van der Waals surface area contributed by atoms with Crippen molar-refractivity contribution in [3.05, 3.63) is 29.8 Å². The van der Waals surface area contributed by atoms with Crippen LogP contribution in [0.2, 0.25) is 0 Å². The first-order chi connectivity index (χ1) is 7.79. The van der Waals surface area contributed by atoms with E-state index in [9.17, 15) is 0 Å². The molecule has 5 heteroatoms. The molecular weight excluding hydrogens is 263 g/mol. The van der Waals surface area contributed by atoms with Gasteiger partial charge in [0.2, 0.25) is 0 Å². The second-order valence-electron chi connectivity index (χ2n) is 3.31. The third-order valence-electron chi connectivity index (χ3n) is 2.14. The SMILES string of the molecule is Cc1ccccc1[SiH](OCCCl)OCCCl. The molecule has 0 radical (unpaired) electrons. The summed E-state index contributed by atoms with van der Waals surface area (Å²) in [6, 6.07) is 8.11. The van der Waals surface area contributed by atoms with Crippen LogP contribution in [0.1, 0.15) is 5.56 Å². The molecule has 0 heterocycles. The van der Waals surface area contributed by atoms with Crippen molar-refractivity contribution < 1.29 is 8.85 Å². The minimum atomic E-state index is -1.84. The number of hydrogen-bond donors (Lipinski definition) is 0. The van der Waals surface area contributed by atoms with Crippen molar-refractivity contribution in [1.29, 1.82) is 0 Å². The Labute approximate surface area is 108 Å². The Morgan fingerprint density at radius 3 is 2.12 bits per heavy atom. The first kappa shape index (κ1) is 14.0. The lowest BCUT2D eigenvalue weighted by molar-refractivity contribution is 0.227. The van der Waals surface area contributed by atoms with Crippen LogP contribution in [0.25, 0.3) is 0 Å². The zero-order valence-corrected chi connectivity index (χ0v) is 12.0. The van der Waals surface area contributed by atoms with Gasteiger partial charge in [0.25, 0.3) is 0 Å². The molecule has 0 N–H and O–H groups in total. The monoisotopic (exact) mass is 278 g/mol. The van der Waals surface area contributed by atoms with Gasteiger partial charge >= 0.3 is 9.28 Å². The molecule has 0 saturated carbocycles. The van der Waals surface area contributed by atoms with E-state index < -0.39 is 9.28 Å². The average Bonchev–Trinajstić information content (AvgIpc) is 2.31. The van der Waals surface area contributed by atoms with Crippen LogP contribution in [0.3, 0.4) is 0 Å². The lowest BCUT2D eigenvalue weighted by Crippen LogP contribution is -2.39. The van der Waals surface area contributed by atoms with E-state index in [2.05, 4.69) is 19.1 Å². The summed E-state index contributed by atoms with van der Waals surface area (Å²) in [6.07, 6.45) is 0. The molecule has 0 aliphatic rings. The van der Waals surface area contributed by atoms with Crippen LogP contribution in [0.15, 0.2) is 24.3 Å². The quantitative estimate of drug-likeness (QED) is 0.561. The molecule has 90 valence electrons. The Balaban J connectivity index is 2.70. The molecule has 0 aromatic heterocycles. The summed E-state index contributed by atoms with van der Waals surface area (Å²) in [5, 5.41) is 1.16. The molecule has 0 bridgehead atoms. The summed E-state index contributed by atoms with van der Waals surface area (Å²) in [4.78, 5) is 0. The molecule has 0 amide bonds. The first-order valence-corrected chi connectivity index (χ1v) is 7.79. The molecular formula is C11H16Cl2O2Si. The lowest BCUT2D eigenvalue weighted by atomic mass is 10.2. The lowest BCUT2D eigenvalue weighted by Gasteiger charge is -2.17. The summed E-state index contributed by atoms with van der Waals surface area (Å²) in [6.45, 7) is 3.10. The maximum Gasteiger partial charge on any atom is 0.356 e. The minimum Gasteiger partial charge on any atom is -0.392 e. The van der Waals surface area contributed by atoms with Gasteiger partial charge < -0.3 is 8.85 Å². The molecule has 0 spiro atoms. The number of benzene rings is 1. The van der Waals surface area contributed by atoms with Gasteiger partial charge in [0.05, 0.1) is 0 Å². The molecule has 0 saturated heterocycles. The summed E-state index contributed by atoms with van der Waals surface area (Å²) >= 11 is 11.2. The van der Waals surface area contributed by atoms with Gasteiger partial charge in [0, 0.05) is 25.0 Å². The fraction of sp³-hybridized carbons (Fsp3) is 0.455. The Kier molecular flexibility index (Phi) is 7.08. The van der Waals surface area contributed by atoms with Crippen molar-refractivity contribution in [3.63, 3.8) is 0 Å². The van der Waals surface area contributed by atoms with Gasteiger partial charge in [0.15, 0.2) is 0 Å². The van der Waals surface area contributed by atoms with Crippen molar-refractivity contribution in [2.24, 2.45) is 0 Å². The van der Waals surface area contributed by atoms with Crippen LogP contribution >= 0.6 is 23.2 Å².